The van der Waals surface area contributed by atoms with Crippen LogP contribution >= 0.6 is 0 Å². The fourth-order valence-corrected chi connectivity index (χ4v) is 3.55. The van der Waals surface area contributed by atoms with Gasteiger partial charge in [-0.05, 0) is 52.3 Å². The van der Waals surface area contributed by atoms with Gasteiger partial charge in [0.25, 0.3) is 0 Å². The molecular weight excluding hydrogens is 430 g/mol. The van der Waals surface area contributed by atoms with Crippen molar-refractivity contribution >= 4 is 10.8 Å². The maximum absolute atomic E-state index is 14.9. The van der Waals surface area contributed by atoms with Crippen molar-refractivity contribution in [2.24, 2.45) is 0 Å². The molecule has 164 valence electrons. The molecule has 0 fully saturated rings. The highest BCUT2D eigenvalue weighted by atomic mass is 19.4. The van der Waals surface area contributed by atoms with Crippen molar-refractivity contribution < 1.29 is 31.1 Å². The van der Waals surface area contributed by atoms with Crippen molar-refractivity contribution in [2.75, 3.05) is 0 Å². The monoisotopic (exact) mass is 446 g/mol. The lowest BCUT2D eigenvalue weighted by Gasteiger charge is -2.13. The molecule has 0 N–H and O–H groups in total. The van der Waals surface area contributed by atoms with E-state index in [2.05, 4.69) is 4.74 Å². The minimum atomic E-state index is -5.24. The summed E-state index contributed by atoms with van der Waals surface area (Å²) in [7, 11) is 0. The standard InChI is InChI=1S/C25H16F6O/c1-2-14-3-5-15(6-4-14)16-7-9-19(21(26)12-16)17-8-10-20-18(11-17)13-22(27)24(23(20)28)32-25(29,30)31/h3-13H,2H2,1H3. The summed E-state index contributed by atoms with van der Waals surface area (Å²) in [6, 6.07) is 16.9. The molecule has 0 atom stereocenters. The molecule has 4 aromatic rings. The number of fused-ring (bicyclic) bond motifs is 1. The summed E-state index contributed by atoms with van der Waals surface area (Å²) in [6.07, 6.45) is -4.35. The van der Waals surface area contributed by atoms with E-state index in [1.54, 1.807) is 12.1 Å². The highest BCUT2D eigenvalue weighted by molar-refractivity contribution is 5.89. The molecule has 0 radical (unpaired) electrons. The molecule has 0 heterocycles. The van der Waals surface area contributed by atoms with E-state index in [-0.39, 0.29) is 16.3 Å². The minimum absolute atomic E-state index is 0.0225. The highest BCUT2D eigenvalue weighted by Gasteiger charge is 2.34. The molecule has 0 unspecified atom stereocenters. The third kappa shape index (κ3) is 4.28. The van der Waals surface area contributed by atoms with Gasteiger partial charge in [0.15, 0.2) is 11.6 Å². The van der Waals surface area contributed by atoms with Crippen LogP contribution in [0.25, 0.3) is 33.0 Å². The molecule has 0 saturated heterocycles. The predicted molar refractivity (Wildman–Crippen MR) is 111 cm³/mol. The number of benzene rings is 4. The Hall–Kier alpha value is -3.48. The van der Waals surface area contributed by atoms with E-state index in [0.717, 1.165) is 23.6 Å². The summed E-state index contributed by atoms with van der Waals surface area (Å²) in [5, 5.41) is -0.298. The lowest BCUT2D eigenvalue weighted by Crippen LogP contribution is -2.19. The van der Waals surface area contributed by atoms with Gasteiger partial charge in [-0.25, -0.2) is 13.2 Å². The molecule has 0 aliphatic heterocycles. The normalized spacial score (nSPS) is 11.7. The van der Waals surface area contributed by atoms with E-state index < -0.39 is 29.6 Å². The van der Waals surface area contributed by atoms with E-state index in [1.807, 2.05) is 31.2 Å². The maximum atomic E-state index is 14.9. The lowest BCUT2D eigenvalue weighted by molar-refractivity contribution is -0.276. The Labute approximate surface area is 179 Å². The minimum Gasteiger partial charge on any atom is -0.399 e. The Balaban J connectivity index is 1.72. The molecule has 0 aliphatic carbocycles. The summed E-state index contributed by atoms with van der Waals surface area (Å²) in [5.41, 5.74) is 3.18. The summed E-state index contributed by atoms with van der Waals surface area (Å²) >= 11 is 0. The van der Waals surface area contributed by atoms with Crippen LogP contribution in [-0.4, -0.2) is 6.36 Å². The van der Waals surface area contributed by atoms with E-state index in [0.29, 0.717) is 11.1 Å². The number of ether oxygens (including phenoxy) is 1. The molecule has 4 aromatic carbocycles. The second-order valence-electron chi connectivity index (χ2n) is 7.23. The Bertz CT molecular complexity index is 1290. The van der Waals surface area contributed by atoms with Gasteiger partial charge < -0.3 is 4.74 Å². The van der Waals surface area contributed by atoms with Crippen LogP contribution in [0, 0.1) is 17.5 Å². The number of halogens is 6. The quantitative estimate of drug-likeness (QED) is 0.288. The number of hydrogen-bond donors (Lipinski definition) is 0. The van der Waals surface area contributed by atoms with Crippen LogP contribution < -0.4 is 4.74 Å². The van der Waals surface area contributed by atoms with E-state index in [9.17, 15) is 26.3 Å². The Morgan fingerprint density at radius 1 is 0.719 bits per heavy atom. The van der Waals surface area contributed by atoms with E-state index >= 15 is 0 Å². The molecular formula is C25H16F6O. The van der Waals surface area contributed by atoms with Crippen molar-refractivity contribution in [1.82, 2.24) is 0 Å². The van der Waals surface area contributed by atoms with Gasteiger partial charge in [-0.3, -0.25) is 0 Å². The highest BCUT2D eigenvalue weighted by Crippen LogP contribution is 2.36. The largest absolute Gasteiger partial charge is 0.573 e. The number of rotatable bonds is 4. The SMILES string of the molecule is CCc1ccc(-c2ccc(-c3ccc4c(F)c(OC(F)(F)F)c(F)cc4c3)c(F)c2)cc1. The molecule has 0 aliphatic rings. The zero-order chi connectivity index (χ0) is 23.0. The van der Waals surface area contributed by atoms with Gasteiger partial charge in [0.2, 0.25) is 5.75 Å². The first-order valence-corrected chi connectivity index (χ1v) is 9.73. The second kappa shape index (κ2) is 8.22. The van der Waals surface area contributed by atoms with Crippen LogP contribution in [0.2, 0.25) is 0 Å². The molecule has 0 amide bonds. The van der Waals surface area contributed by atoms with Crippen molar-refractivity contribution in [1.29, 1.82) is 0 Å². The molecule has 0 bridgehead atoms. The van der Waals surface area contributed by atoms with E-state index in [4.69, 9.17) is 0 Å². The Kier molecular flexibility index (Phi) is 5.59. The van der Waals surface area contributed by atoms with Gasteiger partial charge in [0, 0.05) is 10.9 Å². The van der Waals surface area contributed by atoms with Gasteiger partial charge in [-0.15, -0.1) is 13.2 Å². The van der Waals surface area contributed by atoms with Crippen molar-refractivity contribution in [3.63, 3.8) is 0 Å². The molecule has 0 saturated carbocycles. The third-order valence-electron chi connectivity index (χ3n) is 5.18. The van der Waals surface area contributed by atoms with Crippen molar-refractivity contribution in [2.45, 2.75) is 19.7 Å². The first-order chi connectivity index (χ1) is 15.2. The van der Waals surface area contributed by atoms with Gasteiger partial charge in [-0.1, -0.05) is 55.5 Å². The van der Waals surface area contributed by atoms with Crippen LogP contribution in [0.5, 0.6) is 5.75 Å². The maximum Gasteiger partial charge on any atom is 0.573 e. The molecule has 4 rings (SSSR count). The van der Waals surface area contributed by atoms with Crippen LogP contribution in [0.1, 0.15) is 12.5 Å². The fourth-order valence-electron chi connectivity index (χ4n) is 3.55. The molecule has 0 aromatic heterocycles. The summed E-state index contributed by atoms with van der Waals surface area (Å²) in [6.45, 7) is 2.04. The topological polar surface area (TPSA) is 9.23 Å². The number of aryl methyl sites for hydroxylation is 1. The predicted octanol–water partition coefficient (Wildman–Crippen LogP) is 8.05. The lowest BCUT2D eigenvalue weighted by atomic mass is 9.97. The van der Waals surface area contributed by atoms with Gasteiger partial charge >= 0.3 is 6.36 Å². The van der Waals surface area contributed by atoms with Gasteiger partial charge in [0.1, 0.15) is 5.82 Å². The molecule has 7 heteroatoms. The summed E-state index contributed by atoms with van der Waals surface area (Å²) in [4.78, 5) is 0. The average molecular weight is 446 g/mol. The van der Waals surface area contributed by atoms with Crippen molar-refractivity contribution in [3.05, 3.63) is 89.7 Å². The second-order valence-corrected chi connectivity index (χ2v) is 7.23. The van der Waals surface area contributed by atoms with Gasteiger partial charge in [0.05, 0.1) is 0 Å². The molecule has 32 heavy (non-hydrogen) atoms. The van der Waals surface area contributed by atoms with Crippen LogP contribution in [0.4, 0.5) is 26.3 Å². The van der Waals surface area contributed by atoms with E-state index in [1.165, 1.54) is 24.3 Å². The zero-order valence-corrected chi connectivity index (χ0v) is 16.7. The first kappa shape index (κ1) is 21.7. The molecule has 1 nitrogen and oxygen atoms in total. The summed E-state index contributed by atoms with van der Waals surface area (Å²) in [5.74, 6) is -5.05. The number of hydrogen-bond acceptors (Lipinski definition) is 1. The first-order valence-electron chi connectivity index (χ1n) is 9.73. The van der Waals surface area contributed by atoms with Crippen LogP contribution in [-0.2, 0) is 6.42 Å². The van der Waals surface area contributed by atoms with Crippen molar-refractivity contribution in [3.8, 4) is 28.0 Å². The zero-order valence-electron chi connectivity index (χ0n) is 16.7. The Morgan fingerprint density at radius 3 is 2.00 bits per heavy atom. The fraction of sp³-hybridized carbons (Fsp3) is 0.120. The van der Waals surface area contributed by atoms with Crippen LogP contribution in [0.3, 0.4) is 0 Å². The van der Waals surface area contributed by atoms with Crippen LogP contribution in [0.15, 0.2) is 66.7 Å². The smallest absolute Gasteiger partial charge is 0.399 e. The number of alkyl halides is 3. The van der Waals surface area contributed by atoms with Gasteiger partial charge in [-0.2, -0.15) is 0 Å². The summed E-state index contributed by atoms with van der Waals surface area (Å²) < 4.78 is 84.1. The molecule has 0 spiro atoms. The Morgan fingerprint density at radius 2 is 1.38 bits per heavy atom. The third-order valence-corrected chi connectivity index (χ3v) is 5.18. The average Bonchev–Trinajstić information content (AvgIpc) is 2.75.